The molecule has 0 aromatic heterocycles. The van der Waals surface area contributed by atoms with Crippen LogP contribution >= 0.6 is 11.6 Å². The maximum atomic E-state index is 12.6. The molecule has 2 saturated carbocycles. The maximum Gasteiger partial charge on any atom is 0.233 e. The molecule has 1 saturated heterocycles. The Morgan fingerprint density at radius 1 is 1.20 bits per heavy atom. The maximum absolute atomic E-state index is 12.6. The van der Waals surface area contributed by atoms with Crippen LogP contribution in [0.25, 0.3) is 0 Å². The van der Waals surface area contributed by atoms with Crippen molar-refractivity contribution in [3.05, 3.63) is 28.8 Å². The van der Waals surface area contributed by atoms with Gasteiger partial charge >= 0.3 is 0 Å². The van der Waals surface area contributed by atoms with E-state index < -0.39 is 0 Å². The highest BCUT2D eigenvalue weighted by Crippen LogP contribution is 2.56. The number of rotatable bonds is 4. The zero-order valence-corrected chi connectivity index (χ0v) is 14.9. The average Bonchev–Trinajstić information content (AvgIpc) is 3.25. The van der Waals surface area contributed by atoms with Gasteiger partial charge in [-0.15, -0.1) is 0 Å². The Labute approximate surface area is 151 Å². The minimum absolute atomic E-state index is 0.0612. The third kappa shape index (κ3) is 2.65. The van der Waals surface area contributed by atoms with Crippen molar-refractivity contribution >= 4 is 35.0 Å². The number of nitrogens with one attached hydrogen (secondary N) is 1. The second-order valence-electron chi connectivity index (χ2n) is 7.42. The Bertz CT molecular complexity index is 735. The van der Waals surface area contributed by atoms with Gasteiger partial charge in [0.15, 0.2) is 0 Å². The van der Waals surface area contributed by atoms with E-state index in [0.29, 0.717) is 22.5 Å². The van der Waals surface area contributed by atoms with Crippen molar-refractivity contribution in [2.75, 3.05) is 11.9 Å². The molecule has 25 heavy (non-hydrogen) atoms. The van der Waals surface area contributed by atoms with Gasteiger partial charge in [0.1, 0.15) is 0 Å². The smallest absolute Gasteiger partial charge is 0.233 e. The molecule has 1 aliphatic heterocycles. The number of nitrogens with zero attached hydrogens (tertiary/aromatic N) is 1. The molecule has 3 amide bonds. The van der Waals surface area contributed by atoms with Crippen molar-refractivity contribution in [3.63, 3.8) is 0 Å². The van der Waals surface area contributed by atoms with Crippen LogP contribution in [0.4, 0.5) is 5.69 Å². The largest absolute Gasteiger partial charge is 0.326 e. The Morgan fingerprint density at radius 3 is 2.48 bits per heavy atom. The number of halogens is 1. The predicted molar refractivity (Wildman–Crippen MR) is 94.0 cm³/mol. The average molecular weight is 361 g/mol. The lowest BCUT2D eigenvalue weighted by atomic mass is 9.81. The predicted octanol–water partition coefficient (Wildman–Crippen LogP) is 3.01. The number of carbonyl (C=O) groups is 3. The Morgan fingerprint density at radius 2 is 1.84 bits per heavy atom. The standard InChI is InChI=1S/C19H21ClN2O3/c1-10-13(20)3-2-4-14(10)21-15(23)7-8-22-18(24)16-11-5-6-12(9-11)17(16)19(22)25/h2-4,11-12,16-17H,5-9H2,1H3,(H,21,23)/t11-,12-,16+,17+/m0/s1. The summed E-state index contributed by atoms with van der Waals surface area (Å²) in [6, 6.07) is 5.32. The second-order valence-corrected chi connectivity index (χ2v) is 7.83. The van der Waals surface area contributed by atoms with Crippen molar-refractivity contribution < 1.29 is 14.4 Å². The van der Waals surface area contributed by atoms with Gasteiger partial charge in [-0.25, -0.2) is 0 Å². The van der Waals surface area contributed by atoms with Crippen LogP contribution < -0.4 is 5.32 Å². The SMILES string of the molecule is Cc1c(Cl)cccc1NC(=O)CCN1C(=O)[C@@H]2[C@H]3CC[C@@H](C3)[C@H]2C1=O. The van der Waals surface area contributed by atoms with Gasteiger partial charge in [-0.2, -0.15) is 0 Å². The summed E-state index contributed by atoms with van der Waals surface area (Å²) in [5.41, 5.74) is 1.46. The molecule has 1 aromatic carbocycles. The lowest BCUT2D eigenvalue weighted by Gasteiger charge is -2.19. The zero-order chi connectivity index (χ0) is 17.7. The van der Waals surface area contributed by atoms with E-state index in [1.807, 2.05) is 6.92 Å². The highest BCUT2D eigenvalue weighted by molar-refractivity contribution is 6.31. The van der Waals surface area contributed by atoms with E-state index in [0.717, 1.165) is 24.8 Å². The molecule has 0 unspecified atom stereocenters. The van der Waals surface area contributed by atoms with Gasteiger partial charge < -0.3 is 5.32 Å². The number of fused-ring (bicyclic) bond motifs is 5. The number of likely N-dealkylation sites (tertiary alicyclic amines) is 1. The minimum atomic E-state index is -0.217. The lowest BCUT2D eigenvalue weighted by Crippen LogP contribution is -2.35. The molecule has 2 aliphatic carbocycles. The van der Waals surface area contributed by atoms with E-state index >= 15 is 0 Å². The van der Waals surface area contributed by atoms with E-state index in [2.05, 4.69) is 5.32 Å². The summed E-state index contributed by atoms with van der Waals surface area (Å²) in [4.78, 5) is 38.8. The van der Waals surface area contributed by atoms with Gasteiger partial charge in [0, 0.05) is 23.7 Å². The van der Waals surface area contributed by atoms with E-state index in [9.17, 15) is 14.4 Å². The molecule has 0 radical (unpaired) electrons. The fourth-order valence-electron chi connectivity index (χ4n) is 4.86. The zero-order valence-electron chi connectivity index (χ0n) is 14.1. The van der Waals surface area contributed by atoms with Crippen molar-refractivity contribution in [2.24, 2.45) is 23.7 Å². The molecule has 2 bridgehead atoms. The van der Waals surface area contributed by atoms with E-state index in [4.69, 9.17) is 11.6 Å². The molecule has 3 aliphatic rings. The van der Waals surface area contributed by atoms with Gasteiger partial charge in [-0.3, -0.25) is 19.3 Å². The summed E-state index contributed by atoms with van der Waals surface area (Å²) in [5, 5.41) is 3.40. The van der Waals surface area contributed by atoms with Crippen LogP contribution in [0.3, 0.4) is 0 Å². The van der Waals surface area contributed by atoms with Gasteiger partial charge in [-0.05, 0) is 55.7 Å². The van der Waals surface area contributed by atoms with Gasteiger partial charge in [0.2, 0.25) is 17.7 Å². The number of hydrogen-bond acceptors (Lipinski definition) is 3. The molecule has 1 aromatic rings. The van der Waals surface area contributed by atoms with Gasteiger partial charge in [-0.1, -0.05) is 17.7 Å². The molecule has 0 spiro atoms. The number of carbonyl (C=O) groups excluding carboxylic acids is 3. The summed E-state index contributed by atoms with van der Waals surface area (Å²) in [5.74, 6) is 0.168. The molecule has 1 heterocycles. The molecule has 4 rings (SSSR count). The fourth-order valence-corrected chi connectivity index (χ4v) is 5.03. The van der Waals surface area contributed by atoms with Gasteiger partial charge in [0.25, 0.3) is 0 Å². The summed E-state index contributed by atoms with van der Waals surface area (Å²) in [6.45, 7) is 2.00. The summed E-state index contributed by atoms with van der Waals surface area (Å²) < 4.78 is 0. The Kier molecular flexibility index (Phi) is 4.07. The third-order valence-corrected chi connectivity index (χ3v) is 6.53. The van der Waals surface area contributed by atoms with Crippen LogP contribution in [-0.2, 0) is 14.4 Å². The molecule has 6 heteroatoms. The second kappa shape index (κ2) is 6.13. The van der Waals surface area contributed by atoms with Crippen LogP contribution in [0.2, 0.25) is 5.02 Å². The highest BCUT2D eigenvalue weighted by Gasteiger charge is 2.60. The van der Waals surface area contributed by atoms with Gasteiger partial charge in [0.05, 0.1) is 11.8 Å². The molecule has 5 nitrogen and oxygen atoms in total. The van der Waals surface area contributed by atoms with Crippen molar-refractivity contribution in [3.8, 4) is 0 Å². The number of hydrogen-bond donors (Lipinski definition) is 1. The van der Waals surface area contributed by atoms with E-state index in [-0.39, 0.29) is 42.5 Å². The quantitative estimate of drug-likeness (QED) is 0.839. The normalized spacial score (nSPS) is 30.1. The van der Waals surface area contributed by atoms with E-state index in [1.165, 1.54) is 4.90 Å². The van der Waals surface area contributed by atoms with Crippen LogP contribution in [0.1, 0.15) is 31.2 Å². The van der Waals surface area contributed by atoms with Crippen molar-refractivity contribution in [1.82, 2.24) is 4.90 Å². The molecule has 4 atom stereocenters. The Hall–Kier alpha value is -1.88. The number of imide groups is 1. The van der Waals surface area contributed by atoms with Crippen LogP contribution in [-0.4, -0.2) is 29.2 Å². The molecule has 3 fully saturated rings. The monoisotopic (exact) mass is 360 g/mol. The number of amides is 3. The highest BCUT2D eigenvalue weighted by atomic mass is 35.5. The lowest BCUT2D eigenvalue weighted by molar-refractivity contribution is -0.140. The van der Waals surface area contributed by atoms with E-state index in [1.54, 1.807) is 18.2 Å². The summed E-state index contributed by atoms with van der Waals surface area (Å²) >= 11 is 6.06. The topological polar surface area (TPSA) is 66.5 Å². The van der Waals surface area contributed by atoms with Crippen LogP contribution in [0, 0.1) is 30.6 Å². The first-order valence-corrected chi connectivity index (χ1v) is 9.25. The fraction of sp³-hybridized carbons (Fsp3) is 0.526. The molecular formula is C19H21ClN2O3. The van der Waals surface area contributed by atoms with Crippen molar-refractivity contribution in [1.29, 1.82) is 0 Å². The Balaban J connectivity index is 1.38. The molecule has 132 valence electrons. The number of benzene rings is 1. The first-order valence-electron chi connectivity index (χ1n) is 8.87. The first kappa shape index (κ1) is 16.6. The first-order chi connectivity index (χ1) is 12.0. The third-order valence-electron chi connectivity index (χ3n) is 6.12. The number of anilines is 1. The molecule has 1 N–H and O–H groups in total. The minimum Gasteiger partial charge on any atom is -0.326 e. The summed E-state index contributed by atoms with van der Waals surface area (Å²) in [6.07, 6.45) is 3.26. The van der Waals surface area contributed by atoms with Crippen LogP contribution in [0.15, 0.2) is 18.2 Å². The summed E-state index contributed by atoms with van der Waals surface area (Å²) in [7, 11) is 0. The van der Waals surface area contributed by atoms with Crippen LogP contribution in [0.5, 0.6) is 0 Å². The molecular weight excluding hydrogens is 340 g/mol. The van der Waals surface area contributed by atoms with Crippen molar-refractivity contribution in [2.45, 2.75) is 32.6 Å².